The van der Waals surface area contributed by atoms with Gasteiger partial charge in [0.25, 0.3) is 5.91 Å². The van der Waals surface area contributed by atoms with Crippen LogP contribution >= 0.6 is 0 Å². The molecule has 0 aliphatic carbocycles. The Bertz CT molecular complexity index is 1100. The van der Waals surface area contributed by atoms with Crippen molar-refractivity contribution < 1.29 is 14.3 Å². The largest absolute Gasteiger partial charge is 0.497 e. The van der Waals surface area contributed by atoms with Gasteiger partial charge in [-0.3, -0.25) is 9.59 Å². The zero-order valence-corrected chi connectivity index (χ0v) is 17.8. The molecular weight excluding hydrogens is 406 g/mol. The Kier molecular flexibility index (Phi) is 6.30. The molecule has 1 atom stereocenters. The molecule has 3 aromatic rings. The second-order valence-electron chi connectivity index (χ2n) is 7.69. The van der Waals surface area contributed by atoms with Crippen LogP contribution in [0.25, 0.3) is 11.3 Å². The summed E-state index contributed by atoms with van der Waals surface area (Å²) >= 11 is 0. The molecule has 4 rings (SSSR count). The highest BCUT2D eigenvalue weighted by atomic mass is 16.5. The standard InChI is InChI=1S/C24H25N5O3/c1-32-18-10-8-16(9-11-18)20-12-13-22(28-27-20)29-14-4-5-17(15-29)24(31)26-21-7-3-2-6-19(21)23(25)30/h2-3,6-13,17H,4-5,14-15H2,1H3,(H2,25,30)(H,26,31). The van der Waals surface area contributed by atoms with Gasteiger partial charge in [0.1, 0.15) is 5.75 Å². The molecule has 0 radical (unpaired) electrons. The second-order valence-corrected chi connectivity index (χ2v) is 7.69. The van der Waals surface area contributed by atoms with Crippen LogP contribution < -0.4 is 20.7 Å². The van der Waals surface area contributed by atoms with Crippen molar-refractivity contribution in [2.45, 2.75) is 12.8 Å². The van der Waals surface area contributed by atoms with Crippen LogP contribution in [0.15, 0.2) is 60.7 Å². The number of nitrogens with zero attached hydrogens (tertiary/aromatic N) is 3. The molecule has 0 spiro atoms. The number of nitrogens with one attached hydrogen (secondary N) is 1. The normalized spacial score (nSPS) is 15.8. The number of amides is 2. The van der Waals surface area contributed by atoms with Crippen molar-refractivity contribution >= 4 is 23.3 Å². The van der Waals surface area contributed by atoms with E-state index in [1.54, 1.807) is 31.4 Å². The van der Waals surface area contributed by atoms with Gasteiger partial charge < -0.3 is 20.7 Å². The molecular formula is C24H25N5O3. The third-order valence-electron chi connectivity index (χ3n) is 5.60. The predicted octanol–water partition coefficient (Wildman–Crippen LogP) is 3.11. The average Bonchev–Trinajstić information content (AvgIpc) is 2.84. The minimum atomic E-state index is -0.571. The highest BCUT2D eigenvalue weighted by molar-refractivity contribution is 6.03. The molecule has 8 heteroatoms. The fourth-order valence-corrected chi connectivity index (χ4v) is 3.85. The minimum Gasteiger partial charge on any atom is -0.497 e. The summed E-state index contributed by atoms with van der Waals surface area (Å²) in [6.07, 6.45) is 1.62. The summed E-state index contributed by atoms with van der Waals surface area (Å²) in [6, 6.07) is 18.3. The van der Waals surface area contributed by atoms with Gasteiger partial charge in [-0.05, 0) is 61.4 Å². The third-order valence-corrected chi connectivity index (χ3v) is 5.60. The Balaban J connectivity index is 1.43. The maximum Gasteiger partial charge on any atom is 0.250 e. The summed E-state index contributed by atoms with van der Waals surface area (Å²) in [5, 5.41) is 11.6. The molecule has 2 heterocycles. The predicted molar refractivity (Wildman–Crippen MR) is 123 cm³/mol. The quantitative estimate of drug-likeness (QED) is 0.621. The van der Waals surface area contributed by atoms with E-state index in [0.29, 0.717) is 17.8 Å². The van der Waals surface area contributed by atoms with Crippen LogP contribution in [0.4, 0.5) is 11.5 Å². The molecule has 164 valence electrons. The van der Waals surface area contributed by atoms with Crippen molar-refractivity contribution in [1.82, 2.24) is 10.2 Å². The Morgan fingerprint density at radius 1 is 1.06 bits per heavy atom. The smallest absolute Gasteiger partial charge is 0.250 e. The number of primary amides is 1. The molecule has 32 heavy (non-hydrogen) atoms. The van der Waals surface area contributed by atoms with Crippen molar-refractivity contribution in [2.75, 3.05) is 30.4 Å². The van der Waals surface area contributed by atoms with Crippen molar-refractivity contribution in [3.05, 3.63) is 66.2 Å². The van der Waals surface area contributed by atoms with E-state index in [4.69, 9.17) is 10.5 Å². The number of benzene rings is 2. The van der Waals surface area contributed by atoms with E-state index in [-0.39, 0.29) is 11.8 Å². The van der Waals surface area contributed by atoms with Gasteiger partial charge >= 0.3 is 0 Å². The highest BCUT2D eigenvalue weighted by Gasteiger charge is 2.27. The van der Waals surface area contributed by atoms with E-state index in [2.05, 4.69) is 20.4 Å². The molecule has 1 aliphatic rings. The molecule has 1 unspecified atom stereocenters. The van der Waals surface area contributed by atoms with E-state index in [9.17, 15) is 9.59 Å². The van der Waals surface area contributed by atoms with Crippen LogP contribution in [0.1, 0.15) is 23.2 Å². The summed E-state index contributed by atoms with van der Waals surface area (Å²) in [5.41, 5.74) is 7.87. The SMILES string of the molecule is COc1ccc(-c2ccc(N3CCCC(C(=O)Nc4ccccc4C(N)=O)C3)nn2)cc1. The lowest BCUT2D eigenvalue weighted by Crippen LogP contribution is -2.41. The van der Waals surface area contributed by atoms with Crippen LogP contribution in [0.3, 0.4) is 0 Å². The molecule has 0 bridgehead atoms. The highest BCUT2D eigenvalue weighted by Crippen LogP contribution is 2.25. The van der Waals surface area contributed by atoms with E-state index in [1.165, 1.54) is 0 Å². The number of carbonyl (C=O) groups excluding carboxylic acids is 2. The van der Waals surface area contributed by atoms with E-state index >= 15 is 0 Å². The molecule has 2 amide bonds. The first-order chi connectivity index (χ1) is 15.5. The average molecular weight is 431 g/mol. The third kappa shape index (κ3) is 4.69. The van der Waals surface area contributed by atoms with E-state index in [1.807, 2.05) is 36.4 Å². The lowest BCUT2D eigenvalue weighted by Gasteiger charge is -2.32. The Morgan fingerprint density at radius 2 is 1.84 bits per heavy atom. The number of anilines is 2. The molecule has 0 saturated carbocycles. The zero-order valence-electron chi connectivity index (χ0n) is 17.8. The van der Waals surface area contributed by atoms with Gasteiger partial charge in [-0.2, -0.15) is 0 Å². The summed E-state index contributed by atoms with van der Waals surface area (Å²) in [5.74, 6) is 0.587. The van der Waals surface area contributed by atoms with Crippen molar-refractivity contribution in [1.29, 1.82) is 0 Å². The number of piperidine rings is 1. The van der Waals surface area contributed by atoms with Crippen LogP contribution in [0.2, 0.25) is 0 Å². The number of carbonyl (C=O) groups is 2. The molecule has 1 aliphatic heterocycles. The fraction of sp³-hybridized carbons (Fsp3) is 0.250. The number of aromatic nitrogens is 2. The van der Waals surface area contributed by atoms with Crippen LogP contribution in [-0.2, 0) is 4.79 Å². The monoisotopic (exact) mass is 431 g/mol. The lowest BCUT2D eigenvalue weighted by atomic mass is 9.96. The van der Waals surface area contributed by atoms with E-state index < -0.39 is 5.91 Å². The Hall–Kier alpha value is -3.94. The van der Waals surface area contributed by atoms with Crippen molar-refractivity contribution in [2.24, 2.45) is 11.7 Å². The molecule has 1 fully saturated rings. The van der Waals surface area contributed by atoms with Gasteiger partial charge in [0.05, 0.1) is 30.0 Å². The number of para-hydroxylation sites is 1. The fourth-order valence-electron chi connectivity index (χ4n) is 3.85. The first kappa shape index (κ1) is 21.3. The molecule has 1 saturated heterocycles. The maximum absolute atomic E-state index is 12.9. The molecule has 1 aromatic heterocycles. The van der Waals surface area contributed by atoms with Gasteiger partial charge in [-0.15, -0.1) is 10.2 Å². The van der Waals surface area contributed by atoms with E-state index in [0.717, 1.165) is 42.2 Å². The Labute approximate surface area is 186 Å². The first-order valence-corrected chi connectivity index (χ1v) is 10.5. The number of rotatable bonds is 6. The van der Waals surface area contributed by atoms with Crippen molar-refractivity contribution in [3.63, 3.8) is 0 Å². The number of methoxy groups -OCH3 is 1. The summed E-state index contributed by atoms with van der Waals surface area (Å²) in [7, 11) is 1.63. The van der Waals surface area contributed by atoms with Crippen molar-refractivity contribution in [3.8, 4) is 17.0 Å². The van der Waals surface area contributed by atoms with Gasteiger partial charge in [-0.1, -0.05) is 12.1 Å². The molecule has 8 nitrogen and oxygen atoms in total. The van der Waals surface area contributed by atoms with Gasteiger partial charge in [0, 0.05) is 18.7 Å². The summed E-state index contributed by atoms with van der Waals surface area (Å²) < 4.78 is 5.19. The topological polar surface area (TPSA) is 110 Å². The maximum atomic E-state index is 12.9. The number of nitrogens with two attached hydrogens (primary N) is 1. The van der Waals surface area contributed by atoms with Crippen LogP contribution in [0.5, 0.6) is 5.75 Å². The summed E-state index contributed by atoms with van der Waals surface area (Å²) in [4.78, 5) is 26.6. The number of hydrogen-bond donors (Lipinski definition) is 2. The van der Waals surface area contributed by atoms with Crippen LogP contribution in [0, 0.1) is 5.92 Å². The second kappa shape index (κ2) is 9.47. The van der Waals surface area contributed by atoms with Crippen LogP contribution in [-0.4, -0.2) is 42.2 Å². The molecule has 2 aromatic carbocycles. The Morgan fingerprint density at radius 3 is 2.53 bits per heavy atom. The van der Waals surface area contributed by atoms with Gasteiger partial charge in [-0.25, -0.2) is 0 Å². The van der Waals surface area contributed by atoms with Gasteiger partial charge in [0.2, 0.25) is 5.91 Å². The molecule has 3 N–H and O–H groups in total. The lowest BCUT2D eigenvalue weighted by molar-refractivity contribution is -0.120. The number of hydrogen-bond acceptors (Lipinski definition) is 6. The van der Waals surface area contributed by atoms with Gasteiger partial charge in [0.15, 0.2) is 5.82 Å². The minimum absolute atomic E-state index is 0.133. The summed E-state index contributed by atoms with van der Waals surface area (Å²) in [6.45, 7) is 1.33. The first-order valence-electron chi connectivity index (χ1n) is 10.5. The zero-order chi connectivity index (χ0) is 22.5. The number of ether oxygens (including phenoxy) is 1.